The lowest BCUT2D eigenvalue weighted by atomic mass is 10.1. The first-order chi connectivity index (χ1) is 7.66. The molecule has 0 amide bonds. The number of rotatable bonds is 2. The van der Waals surface area contributed by atoms with Crippen molar-refractivity contribution in [2.24, 2.45) is 0 Å². The number of hydrogen-bond acceptors (Lipinski definition) is 4. The SMILES string of the molecule is O=c1[nH]ncc(NC2CCS(=O)CC2)c1Cl. The third kappa shape index (κ3) is 2.62. The molecule has 0 aromatic carbocycles. The maximum absolute atomic E-state index is 11.2. The Hall–Kier alpha value is -0.880. The summed E-state index contributed by atoms with van der Waals surface area (Å²) in [4.78, 5) is 11.2. The first kappa shape index (κ1) is 11.6. The highest BCUT2D eigenvalue weighted by Gasteiger charge is 2.18. The molecule has 0 spiro atoms. The van der Waals surface area contributed by atoms with Crippen LogP contribution in [0.4, 0.5) is 5.69 Å². The molecular weight excluding hydrogens is 250 g/mol. The molecule has 1 aromatic heterocycles. The van der Waals surface area contributed by atoms with Gasteiger partial charge in [-0.1, -0.05) is 11.6 Å². The molecule has 0 radical (unpaired) electrons. The predicted molar refractivity (Wildman–Crippen MR) is 64.4 cm³/mol. The van der Waals surface area contributed by atoms with Crippen LogP contribution in [0.3, 0.4) is 0 Å². The van der Waals surface area contributed by atoms with E-state index in [0.29, 0.717) is 17.2 Å². The van der Waals surface area contributed by atoms with Crippen molar-refractivity contribution in [3.8, 4) is 0 Å². The summed E-state index contributed by atoms with van der Waals surface area (Å²) in [5.74, 6) is 1.40. The molecule has 0 atom stereocenters. The Bertz CT molecular complexity index is 452. The zero-order chi connectivity index (χ0) is 11.5. The van der Waals surface area contributed by atoms with Gasteiger partial charge in [-0.05, 0) is 12.8 Å². The molecule has 0 saturated carbocycles. The molecule has 16 heavy (non-hydrogen) atoms. The van der Waals surface area contributed by atoms with Crippen molar-refractivity contribution in [3.63, 3.8) is 0 Å². The molecule has 1 saturated heterocycles. The second kappa shape index (κ2) is 4.97. The normalized spacial score (nSPS) is 25.3. The van der Waals surface area contributed by atoms with Crippen molar-refractivity contribution >= 4 is 28.1 Å². The molecular formula is C9H12ClN3O2S. The second-order valence-corrected chi connectivity index (χ2v) is 5.77. The van der Waals surface area contributed by atoms with Crippen LogP contribution in [0.25, 0.3) is 0 Å². The van der Waals surface area contributed by atoms with Gasteiger partial charge in [0.05, 0.1) is 11.9 Å². The van der Waals surface area contributed by atoms with Gasteiger partial charge in [-0.2, -0.15) is 5.10 Å². The van der Waals surface area contributed by atoms with Crippen LogP contribution in [-0.4, -0.2) is 32.0 Å². The monoisotopic (exact) mass is 261 g/mol. The first-order valence-corrected chi connectivity index (χ1v) is 6.88. The molecule has 2 rings (SSSR count). The van der Waals surface area contributed by atoms with Crippen molar-refractivity contribution in [2.45, 2.75) is 18.9 Å². The zero-order valence-corrected chi connectivity index (χ0v) is 10.1. The lowest BCUT2D eigenvalue weighted by Crippen LogP contribution is -2.30. The lowest BCUT2D eigenvalue weighted by Gasteiger charge is -2.23. The van der Waals surface area contributed by atoms with Crippen LogP contribution < -0.4 is 10.9 Å². The smallest absolute Gasteiger partial charge is 0.285 e. The Morgan fingerprint density at radius 1 is 1.50 bits per heavy atom. The maximum Gasteiger partial charge on any atom is 0.285 e. The summed E-state index contributed by atoms with van der Waals surface area (Å²) in [5.41, 5.74) is 0.147. The third-order valence-electron chi connectivity index (χ3n) is 2.54. The molecule has 0 bridgehead atoms. The third-order valence-corrected chi connectivity index (χ3v) is 4.30. The van der Waals surface area contributed by atoms with Crippen LogP contribution in [0.5, 0.6) is 0 Å². The Kier molecular flexibility index (Phi) is 3.60. The minimum Gasteiger partial charge on any atom is -0.380 e. The Labute approximate surface area is 100 Å². The molecule has 1 fully saturated rings. The van der Waals surface area contributed by atoms with Crippen LogP contribution >= 0.6 is 11.6 Å². The fourth-order valence-electron chi connectivity index (χ4n) is 1.64. The van der Waals surface area contributed by atoms with E-state index in [1.165, 1.54) is 6.20 Å². The molecule has 5 nitrogen and oxygen atoms in total. The minimum atomic E-state index is -0.685. The summed E-state index contributed by atoms with van der Waals surface area (Å²) in [6.45, 7) is 0. The Morgan fingerprint density at radius 2 is 2.19 bits per heavy atom. The fourth-order valence-corrected chi connectivity index (χ4v) is 3.09. The minimum absolute atomic E-state index is 0.127. The predicted octanol–water partition coefficient (Wildman–Crippen LogP) is 0.746. The second-order valence-electron chi connectivity index (χ2n) is 3.69. The van der Waals surface area contributed by atoms with E-state index in [1.54, 1.807) is 0 Å². The molecule has 2 N–H and O–H groups in total. The maximum atomic E-state index is 11.2. The van der Waals surface area contributed by atoms with E-state index in [2.05, 4.69) is 15.5 Å². The molecule has 0 aliphatic carbocycles. The summed E-state index contributed by atoms with van der Waals surface area (Å²) in [5, 5.41) is 9.23. The van der Waals surface area contributed by atoms with E-state index in [1.807, 2.05) is 0 Å². The van der Waals surface area contributed by atoms with Gasteiger partial charge in [-0.3, -0.25) is 9.00 Å². The number of aromatic amines is 1. The molecule has 88 valence electrons. The van der Waals surface area contributed by atoms with Crippen LogP contribution in [0.2, 0.25) is 5.02 Å². The van der Waals surface area contributed by atoms with E-state index < -0.39 is 16.4 Å². The number of H-pyrrole nitrogens is 1. The van der Waals surface area contributed by atoms with E-state index in [9.17, 15) is 9.00 Å². The average molecular weight is 262 g/mol. The van der Waals surface area contributed by atoms with Gasteiger partial charge >= 0.3 is 0 Å². The van der Waals surface area contributed by atoms with Crippen molar-refractivity contribution < 1.29 is 4.21 Å². The summed E-state index contributed by atoms with van der Waals surface area (Å²) in [7, 11) is -0.685. The van der Waals surface area contributed by atoms with Crippen LogP contribution in [0.1, 0.15) is 12.8 Å². The Morgan fingerprint density at radius 3 is 2.88 bits per heavy atom. The Balaban J connectivity index is 2.07. The van der Waals surface area contributed by atoms with Gasteiger partial charge in [0.1, 0.15) is 5.02 Å². The molecule has 7 heteroatoms. The van der Waals surface area contributed by atoms with Crippen LogP contribution in [0, 0.1) is 0 Å². The highest BCUT2D eigenvalue weighted by molar-refractivity contribution is 7.85. The summed E-state index contributed by atoms with van der Waals surface area (Å²) < 4.78 is 11.2. The number of hydrogen-bond donors (Lipinski definition) is 2. The van der Waals surface area contributed by atoms with Gasteiger partial charge in [-0.15, -0.1) is 0 Å². The molecule has 0 unspecified atom stereocenters. The van der Waals surface area contributed by atoms with Gasteiger partial charge in [0.25, 0.3) is 5.56 Å². The fraction of sp³-hybridized carbons (Fsp3) is 0.556. The molecule has 1 aromatic rings. The molecule has 2 heterocycles. The standard InChI is InChI=1S/C9H12ClN3O2S/c10-8-7(5-11-13-9(8)14)12-6-1-3-16(15)4-2-6/h5-6H,1-4H2,(H2,12,13,14). The van der Waals surface area contributed by atoms with Crippen molar-refractivity contribution in [2.75, 3.05) is 16.8 Å². The van der Waals surface area contributed by atoms with Crippen LogP contribution in [0.15, 0.2) is 11.0 Å². The number of anilines is 1. The quantitative estimate of drug-likeness (QED) is 0.824. The summed E-state index contributed by atoms with van der Waals surface area (Å²) in [6, 6.07) is 0.221. The van der Waals surface area contributed by atoms with Gasteiger partial charge in [0.2, 0.25) is 0 Å². The first-order valence-electron chi connectivity index (χ1n) is 5.01. The van der Waals surface area contributed by atoms with Gasteiger partial charge in [-0.25, -0.2) is 5.10 Å². The zero-order valence-electron chi connectivity index (χ0n) is 8.53. The van der Waals surface area contributed by atoms with E-state index >= 15 is 0 Å². The molecule has 1 aliphatic heterocycles. The number of nitrogens with zero attached hydrogens (tertiary/aromatic N) is 1. The lowest BCUT2D eigenvalue weighted by molar-refractivity contribution is 0.623. The molecule has 1 aliphatic rings. The number of nitrogens with one attached hydrogen (secondary N) is 2. The van der Waals surface area contributed by atoms with Gasteiger partial charge in [0.15, 0.2) is 0 Å². The summed E-state index contributed by atoms with van der Waals surface area (Å²) in [6.07, 6.45) is 3.15. The topological polar surface area (TPSA) is 74.8 Å². The van der Waals surface area contributed by atoms with Gasteiger partial charge < -0.3 is 5.32 Å². The van der Waals surface area contributed by atoms with E-state index in [-0.39, 0.29) is 11.1 Å². The highest BCUT2D eigenvalue weighted by Crippen LogP contribution is 2.19. The van der Waals surface area contributed by atoms with E-state index in [0.717, 1.165) is 12.8 Å². The van der Waals surface area contributed by atoms with Crippen molar-refractivity contribution in [1.82, 2.24) is 10.2 Å². The van der Waals surface area contributed by atoms with E-state index in [4.69, 9.17) is 11.6 Å². The highest BCUT2D eigenvalue weighted by atomic mass is 35.5. The van der Waals surface area contributed by atoms with Crippen LogP contribution in [-0.2, 0) is 10.8 Å². The van der Waals surface area contributed by atoms with Gasteiger partial charge in [0, 0.05) is 28.3 Å². The summed E-state index contributed by atoms with van der Waals surface area (Å²) >= 11 is 5.83. The largest absolute Gasteiger partial charge is 0.380 e. The van der Waals surface area contributed by atoms with Crippen molar-refractivity contribution in [3.05, 3.63) is 21.6 Å². The van der Waals surface area contributed by atoms with Crippen molar-refractivity contribution in [1.29, 1.82) is 0 Å². The number of halogens is 1. The number of aromatic nitrogens is 2. The average Bonchev–Trinajstić information content (AvgIpc) is 2.28.